The quantitative estimate of drug-likeness (QED) is 0.640. The molecule has 4 nitrogen and oxygen atoms in total. The highest BCUT2D eigenvalue weighted by molar-refractivity contribution is 5.94. The molecule has 0 radical (unpaired) electrons. The SMILES string of the molecule is C=CC[C@H](C(=O)NC(N)=O)C(C)C. The molecular formula is C9H16N2O2. The van der Waals surface area contributed by atoms with Gasteiger partial charge < -0.3 is 5.73 Å². The second-order valence-electron chi connectivity index (χ2n) is 3.23. The lowest BCUT2D eigenvalue weighted by Crippen LogP contribution is -2.40. The van der Waals surface area contributed by atoms with Crippen LogP contribution in [-0.2, 0) is 4.79 Å². The van der Waals surface area contributed by atoms with Gasteiger partial charge in [-0.05, 0) is 12.3 Å². The molecule has 13 heavy (non-hydrogen) atoms. The van der Waals surface area contributed by atoms with Crippen LogP contribution in [0.5, 0.6) is 0 Å². The van der Waals surface area contributed by atoms with Crippen molar-refractivity contribution in [2.75, 3.05) is 0 Å². The highest BCUT2D eigenvalue weighted by atomic mass is 16.2. The van der Waals surface area contributed by atoms with Gasteiger partial charge in [0.1, 0.15) is 0 Å². The number of amides is 3. The molecule has 0 rings (SSSR count). The van der Waals surface area contributed by atoms with Gasteiger partial charge in [0.15, 0.2) is 0 Å². The number of allylic oxidation sites excluding steroid dienone is 1. The van der Waals surface area contributed by atoms with E-state index >= 15 is 0 Å². The summed E-state index contributed by atoms with van der Waals surface area (Å²) in [5.74, 6) is -0.398. The Kier molecular flexibility index (Phi) is 4.80. The molecule has 0 fully saturated rings. The van der Waals surface area contributed by atoms with Crippen LogP contribution in [0.4, 0.5) is 4.79 Å². The summed E-state index contributed by atoms with van der Waals surface area (Å²) in [7, 11) is 0. The van der Waals surface area contributed by atoms with Crippen LogP contribution in [-0.4, -0.2) is 11.9 Å². The van der Waals surface area contributed by atoms with Crippen molar-refractivity contribution in [2.24, 2.45) is 17.6 Å². The van der Waals surface area contributed by atoms with Gasteiger partial charge in [-0.1, -0.05) is 19.9 Å². The van der Waals surface area contributed by atoms with Crippen LogP contribution >= 0.6 is 0 Å². The van der Waals surface area contributed by atoms with Gasteiger partial charge in [0, 0.05) is 5.92 Å². The molecule has 1 atom stereocenters. The molecular weight excluding hydrogens is 168 g/mol. The number of nitrogens with two attached hydrogens (primary N) is 1. The Morgan fingerprint density at radius 3 is 2.38 bits per heavy atom. The number of hydrogen-bond donors (Lipinski definition) is 2. The molecule has 0 aromatic rings. The van der Waals surface area contributed by atoms with E-state index in [1.807, 2.05) is 13.8 Å². The zero-order chi connectivity index (χ0) is 10.4. The number of carbonyl (C=O) groups is 2. The minimum absolute atomic E-state index is 0.164. The van der Waals surface area contributed by atoms with Gasteiger partial charge in [-0.3, -0.25) is 10.1 Å². The van der Waals surface area contributed by atoms with E-state index in [-0.39, 0.29) is 17.7 Å². The molecule has 3 N–H and O–H groups in total. The maximum absolute atomic E-state index is 11.3. The largest absolute Gasteiger partial charge is 0.351 e. The highest BCUT2D eigenvalue weighted by Crippen LogP contribution is 2.15. The number of urea groups is 1. The van der Waals surface area contributed by atoms with Gasteiger partial charge in [-0.25, -0.2) is 4.79 Å². The molecule has 4 heteroatoms. The fourth-order valence-electron chi connectivity index (χ4n) is 1.08. The molecule has 0 unspecified atom stereocenters. The van der Waals surface area contributed by atoms with Crippen molar-refractivity contribution in [1.29, 1.82) is 0 Å². The van der Waals surface area contributed by atoms with Crippen LogP contribution in [0.15, 0.2) is 12.7 Å². The third-order valence-corrected chi connectivity index (χ3v) is 1.81. The molecule has 0 aromatic heterocycles. The number of hydrogen-bond acceptors (Lipinski definition) is 2. The van der Waals surface area contributed by atoms with E-state index in [0.29, 0.717) is 6.42 Å². The van der Waals surface area contributed by atoms with Gasteiger partial charge in [-0.2, -0.15) is 0 Å². The summed E-state index contributed by atoms with van der Waals surface area (Å²) in [5, 5.41) is 2.06. The Hall–Kier alpha value is -1.32. The van der Waals surface area contributed by atoms with Gasteiger partial charge in [-0.15, -0.1) is 6.58 Å². The van der Waals surface area contributed by atoms with Crippen molar-refractivity contribution >= 4 is 11.9 Å². The summed E-state index contributed by atoms with van der Waals surface area (Å²) < 4.78 is 0. The highest BCUT2D eigenvalue weighted by Gasteiger charge is 2.21. The van der Waals surface area contributed by atoms with Crippen molar-refractivity contribution in [3.8, 4) is 0 Å². The summed E-state index contributed by atoms with van der Waals surface area (Å²) in [6, 6.07) is -0.806. The summed E-state index contributed by atoms with van der Waals surface area (Å²) in [6.07, 6.45) is 2.21. The predicted octanol–water partition coefficient (Wildman–Crippen LogP) is 1.03. The zero-order valence-corrected chi connectivity index (χ0v) is 8.04. The molecule has 0 saturated carbocycles. The Balaban J connectivity index is 4.27. The van der Waals surface area contributed by atoms with Gasteiger partial charge in [0.25, 0.3) is 0 Å². The van der Waals surface area contributed by atoms with Crippen molar-refractivity contribution < 1.29 is 9.59 Å². The van der Waals surface area contributed by atoms with Gasteiger partial charge in [0.2, 0.25) is 5.91 Å². The fourth-order valence-corrected chi connectivity index (χ4v) is 1.08. The molecule has 74 valence electrons. The molecule has 0 saturated heterocycles. The zero-order valence-electron chi connectivity index (χ0n) is 8.04. The topological polar surface area (TPSA) is 72.2 Å². The fraction of sp³-hybridized carbons (Fsp3) is 0.556. The Morgan fingerprint density at radius 2 is 2.08 bits per heavy atom. The molecule has 0 aliphatic heterocycles. The van der Waals surface area contributed by atoms with E-state index in [0.717, 1.165) is 0 Å². The van der Waals surface area contributed by atoms with Gasteiger partial charge >= 0.3 is 6.03 Å². The van der Waals surface area contributed by atoms with E-state index in [1.54, 1.807) is 6.08 Å². The summed E-state index contributed by atoms with van der Waals surface area (Å²) in [4.78, 5) is 21.7. The smallest absolute Gasteiger partial charge is 0.318 e. The van der Waals surface area contributed by atoms with E-state index in [4.69, 9.17) is 5.73 Å². The van der Waals surface area contributed by atoms with E-state index < -0.39 is 6.03 Å². The molecule has 0 aliphatic carbocycles. The third-order valence-electron chi connectivity index (χ3n) is 1.81. The lowest BCUT2D eigenvalue weighted by atomic mass is 9.92. The molecule has 3 amide bonds. The first-order chi connectivity index (χ1) is 5.99. The maximum atomic E-state index is 11.3. The van der Waals surface area contributed by atoms with Crippen molar-refractivity contribution in [3.05, 3.63) is 12.7 Å². The summed E-state index contributed by atoms with van der Waals surface area (Å²) in [6.45, 7) is 7.37. The minimum atomic E-state index is -0.806. The van der Waals surface area contributed by atoms with E-state index in [1.165, 1.54) is 0 Å². The number of imide groups is 1. The average molecular weight is 184 g/mol. The first-order valence-electron chi connectivity index (χ1n) is 4.20. The van der Waals surface area contributed by atoms with Crippen molar-refractivity contribution in [1.82, 2.24) is 5.32 Å². The average Bonchev–Trinajstić information content (AvgIpc) is 1.97. The number of nitrogens with one attached hydrogen (secondary N) is 1. The Labute approximate surface area is 78.2 Å². The normalized spacial score (nSPS) is 12.2. The first kappa shape index (κ1) is 11.7. The van der Waals surface area contributed by atoms with Crippen LogP contribution < -0.4 is 11.1 Å². The van der Waals surface area contributed by atoms with Crippen molar-refractivity contribution in [2.45, 2.75) is 20.3 Å². The number of carbonyl (C=O) groups excluding carboxylic acids is 2. The monoisotopic (exact) mass is 184 g/mol. The van der Waals surface area contributed by atoms with Crippen LogP contribution in [0.25, 0.3) is 0 Å². The molecule has 0 spiro atoms. The second kappa shape index (κ2) is 5.35. The molecule has 0 bridgehead atoms. The Morgan fingerprint density at radius 1 is 1.54 bits per heavy atom. The number of primary amides is 1. The molecule has 0 aromatic carbocycles. The predicted molar refractivity (Wildman–Crippen MR) is 50.9 cm³/mol. The maximum Gasteiger partial charge on any atom is 0.318 e. The van der Waals surface area contributed by atoms with Crippen molar-refractivity contribution in [3.63, 3.8) is 0 Å². The third kappa shape index (κ3) is 4.30. The lowest BCUT2D eigenvalue weighted by molar-refractivity contribution is -0.125. The van der Waals surface area contributed by atoms with E-state index in [9.17, 15) is 9.59 Å². The van der Waals surface area contributed by atoms with Crippen LogP contribution in [0.2, 0.25) is 0 Å². The minimum Gasteiger partial charge on any atom is -0.351 e. The second-order valence-corrected chi connectivity index (χ2v) is 3.23. The standard InChI is InChI=1S/C9H16N2O2/c1-4-5-7(6(2)3)8(12)11-9(10)13/h4,6-7H,1,5H2,2-3H3,(H3,10,11,12,13)/t7-/m0/s1. The summed E-state index contributed by atoms with van der Waals surface area (Å²) in [5.41, 5.74) is 4.83. The number of rotatable bonds is 4. The molecule has 0 aliphatic rings. The first-order valence-corrected chi connectivity index (χ1v) is 4.20. The van der Waals surface area contributed by atoms with E-state index in [2.05, 4.69) is 11.9 Å². The summed E-state index contributed by atoms with van der Waals surface area (Å²) >= 11 is 0. The molecule has 0 heterocycles. The van der Waals surface area contributed by atoms with Crippen LogP contribution in [0, 0.1) is 11.8 Å². The van der Waals surface area contributed by atoms with Crippen LogP contribution in [0.3, 0.4) is 0 Å². The Bertz CT molecular complexity index is 212. The van der Waals surface area contributed by atoms with Gasteiger partial charge in [0.05, 0.1) is 0 Å². The van der Waals surface area contributed by atoms with Crippen LogP contribution in [0.1, 0.15) is 20.3 Å². The lowest BCUT2D eigenvalue weighted by Gasteiger charge is -2.16.